The van der Waals surface area contributed by atoms with E-state index < -0.39 is 6.09 Å². The molecule has 1 amide bonds. The molecule has 0 fully saturated rings. The van der Waals surface area contributed by atoms with Crippen LogP contribution in [0, 0.1) is 0 Å². The van der Waals surface area contributed by atoms with Crippen molar-refractivity contribution in [3.05, 3.63) is 28.0 Å². The van der Waals surface area contributed by atoms with Crippen LogP contribution in [0.3, 0.4) is 0 Å². The molecule has 1 N–H and O–H groups in total. The van der Waals surface area contributed by atoms with Crippen LogP contribution in [0.5, 0.6) is 0 Å². The molecule has 1 aromatic heterocycles. The Bertz CT molecular complexity index is 395. The number of hydrogen-bond acceptors (Lipinski definition) is 3. The second-order valence-electron chi connectivity index (χ2n) is 3.38. The van der Waals surface area contributed by atoms with Crippen molar-refractivity contribution in [3.63, 3.8) is 0 Å². The summed E-state index contributed by atoms with van der Waals surface area (Å²) in [7, 11) is 1.36. The monoisotopic (exact) mass is 270 g/mol. The first-order valence-corrected chi connectivity index (χ1v) is 5.49. The second-order valence-corrected chi connectivity index (χ2v) is 4.24. The SMILES string of the molecule is COC(=O)NC1CCc2c(Br)ccnc21. The predicted octanol–water partition coefficient (Wildman–Crippen LogP) is 2.19. The van der Waals surface area contributed by atoms with Crippen LogP contribution in [-0.4, -0.2) is 18.2 Å². The van der Waals surface area contributed by atoms with Gasteiger partial charge in [0.25, 0.3) is 0 Å². The maximum Gasteiger partial charge on any atom is 0.407 e. The first kappa shape index (κ1) is 10.4. The minimum absolute atomic E-state index is 0.0232. The van der Waals surface area contributed by atoms with Crippen molar-refractivity contribution in [1.82, 2.24) is 10.3 Å². The Morgan fingerprint density at radius 2 is 2.53 bits per heavy atom. The molecule has 4 nitrogen and oxygen atoms in total. The van der Waals surface area contributed by atoms with Gasteiger partial charge in [-0.2, -0.15) is 0 Å². The smallest absolute Gasteiger partial charge is 0.407 e. The van der Waals surface area contributed by atoms with Crippen molar-refractivity contribution in [2.45, 2.75) is 18.9 Å². The largest absolute Gasteiger partial charge is 0.453 e. The Morgan fingerprint density at radius 3 is 3.27 bits per heavy atom. The van der Waals surface area contributed by atoms with E-state index >= 15 is 0 Å². The highest BCUT2D eigenvalue weighted by atomic mass is 79.9. The summed E-state index contributed by atoms with van der Waals surface area (Å²) in [6, 6.07) is 1.89. The van der Waals surface area contributed by atoms with Crippen molar-refractivity contribution in [2.75, 3.05) is 7.11 Å². The number of carbonyl (C=O) groups excluding carboxylic acids is 1. The van der Waals surface area contributed by atoms with Gasteiger partial charge < -0.3 is 10.1 Å². The van der Waals surface area contributed by atoms with Gasteiger partial charge in [-0.3, -0.25) is 4.98 Å². The Hall–Kier alpha value is -1.10. The Balaban J connectivity index is 2.21. The number of methoxy groups -OCH3 is 1. The van der Waals surface area contributed by atoms with E-state index in [2.05, 4.69) is 31.0 Å². The molecular formula is C10H11BrN2O2. The van der Waals surface area contributed by atoms with Crippen molar-refractivity contribution >= 4 is 22.0 Å². The fourth-order valence-corrected chi connectivity index (χ4v) is 2.32. The van der Waals surface area contributed by atoms with Gasteiger partial charge in [-0.05, 0) is 24.5 Å². The molecule has 15 heavy (non-hydrogen) atoms. The number of nitrogens with zero attached hydrogens (tertiary/aromatic N) is 1. The minimum Gasteiger partial charge on any atom is -0.453 e. The van der Waals surface area contributed by atoms with E-state index in [1.807, 2.05) is 6.07 Å². The van der Waals surface area contributed by atoms with E-state index in [9.17, 15) is 4.79 Å². The molecule has 0 spiro atoms. The van der Waals surface area contributed by atoms with Crippen LogP contribution in [0.25, 0.3) is 0 Å². The number of alkyl carbamates (subject to hydrolysis) is 1. The lowest BCUT2D eigenvalue weighted by Crippen LogP contribution is -2.27. The van der Waals surface area contributed by atoms with Crippen LogP contribution in [-0.2, 0) is 11.2 Å². The first-order chi connectivity index (χ1) is 7.22. The number of hydrogen-bond donors (Lipinski definition) is 1. The Kier molecular flexibility index (Phi) is 2.90. The third-order valence-corrected chi connectivity index (χ3v) is 3.27. The molecule has 0 aromatic carbocycles. The molecule has 0 radical (unpaired) electrons. The van der Waals surface area contributed by atoms with Crippen LogP contribution in [0.1, 0.15) is 23.7 Å². The summed E-state index contributed by atoms with van der Waals surface area (Å²) in [6.45, 7) is 0. The number of rotatable bonds is 1. The van der Waals surface area contributed by atoms with Crippen molar-refractivity contribution in [3.8, 4) is 0 Å². The van der Waals surface area contributed by atoms with Crippen LogP contribution < -0.4 is 5.32 Å². The van der Waals surface area contributed by atoms with Crippen LogP contribution in [0.15, 0.2) is 16.7 Å². The summed E-state index contributed by atoms with van der Waals surface area (Å²) in [6.07, 6.45) is 3.13. The fourth-order valence-electron chi connectivity index (χ4n) is 1.80. The molecule has 1 aliphatic carbocycles. The zero-order chi connectivity index (χ0) is 10.8. The lowest BCUT2D eigenvalue weighted by Gasteiger charge is -2.11. The van der Waals surface area contributed by atoms with E-state index in [-0.39, 0.29) is 6.04 Å². The van der Waals surface area contributed by atoms with E-state index in [4.69, 9.17) is 0 Å². The molecule has 0 bridgehead atoms. The predicted molar refractivity (Wildman–Crippen MR) is 58.5 cm³/mol. The topological polar surface area (TPSA) is 51.2 Å². The van der Waals surface area contributed by atoms with Crippen molar-refractivity contribution in [1.29, 1.82) is 0 Å². The Morgan fingerprint density at radius 1 is 1.73 bits per heavy atom. The summed E-state index contributed by atoms with van der Waals surface area (Å²) < 4.78 is 5.62. The number of carbonyl (C=O) groups is 1. The van der Waals surface area contributed by atoms with Crippen LogP contribution in [0.4, 0.5) is 4.79 Å². The fraction of sp³-hybridized carbons (Fsp3) is 0.400. The highest BCUT2D eigenvalue weighted by molar-refractivity contribution is 9.10. The quantitative estimate of drug-likeness (QED) is 0.851. The molecule has 5 heteroatoms. The Labute approximate surface area is 96.2 Å². The third kappa shape index (κ3) is 1.97. The highest BCUT2D eigenvalue weighted by Crippen LogP contribution is 2.33. The van der Waals surface area contributed by atoms with Crippen LogP contribution >= 0.6 is 15.9 Å². The number of nitrogens with one attached hydrogen (secondary N) is 1. The number of amides is 1. The van der Waals surface area contributed by atoms with E-state index in [0.717, 1.165) is 23.0 Å². The van der Waals surface area contributed by atoms with E-state index in [1.54, 1.807) is 6.20 Å². The maximum absolute atomic E-state index is 11.1. The van der Waals surface area contributed by atoms with Crippen LogP contribution in [0.2, 0.25) is 0 Å². The highest BCUT2D eigenvalue weighted by Gasteiger charge is 2.26. The maximum atomic E-state index is 11.1. The summed E-state index contributed by atoms with van der Waals surface area (Å²) >= 11 is 3.47. The second kappa shape index (κ2) is 4.18. The van der Waals surface area contributed by atoms with Gasteiger partial charge >= 0.3 is 6.09 Å². The summed E-state index contributed by atoms with van der Waals surface area (Å²) in [4.78, 5) is 15.4. The summed E-state index contributed by atoms with van der Waals surface area (Å²) in [5.74, 6) is 0. The van der Waals surface area contributed by atoms with Gasteiger partial charge in [-0.15, -0.1) is 0 Å². The van der Waals surface area contributed by atoms with Gasteiger partial charge in [0, 0.05) is 10.7 Å². The van der Waals surface area contributed by atoms with Gasteiger partial charge in [0.1, 0.15) is 0 Å². The number of aromatic nitrogens is 1. The lowest BCUT2D eigenvalue weighted by molar-refractivity contribution is 0.166. The van der Waals surface area contributed by atoms with Crippen molar-refractivity contribution < 1.29 is 9.53 Å². The first-order valence-electron chi connectivity index (χ1n) is 4.70. The zero-order valence-corrected chi connectivity index (χ0v) is 9.87. The molecule has 1 aliphatic rings. The van der Waals surface area contributed by atoms with E-state index in [0.29, 0.717) is 0 Å². The molecule has 80 valence electrons. The molecule has 0 saturated heterocycles. The average molecular weight is 271 g/mol. The standard InChI is InChI=1S/C10H11BrN2O2/c1-15-10(14)13-8-3-2-6-7(11)4-5-12-9(6)8/h4-5,8H,2-3H2,1H3,(H,13,14). The van der Waals surface area contributed by atoms with Gasteiger partial charge in [0.05, 0.1) is 18.8 Å². The number of halogens is 1. The van der Waals surface area contributed by atoms with Gasteiger partial charge in [-0.1, -0.05) is 15.9 Å². The third-order valence-electron chi connectivity index (χ3n) is 2.52. The minimum atomic E-state index is -0.408. The van der Waals surface area contributed by atoms with Gasteiger partial charge in [-0.25, -0.2) is 4.79 Å². The van der Waals surface area contributed by atoms with Gasteiger partial charge in [0.15, 0.2) is 0 Å². The zero-order valence-electron chi connectivity index (χ0n) is 8.29. The molecule has 0 saturated carbocycles. The average Bonchev–Trinajstić information content (AvgIpc) is 2.63. The summed E-state index contributed by atoms with van der Waals surface area (Å²) in [5, 5.41) is 2.77. The molecule has 1 heterocycles. The van der Waals surface area contributed by atoms with Crippen molar-refractivity contribution in [2.24, 2.45) is 0 Å². The molecule has 1 aromatic rings. The molecule has 0 aliphatic heterocycles. The van der Waals surface area contributed by atoms with E-state index in [1.165, 1.54) is 12.7 Å². The number of fused-ring (bicyclic) bond motifs is 1. The lowest BCUT2D eigenvalue weighted by atomic mass is 10.2. The molecule has 1 unspecified atom stereocenters. The molecular weight excluding hydrogens is 260 g/mol. The normalized spacial score (nSPS) is 18.4. The molecule has 1 atom stereocenters. The molecule has 2 rings (SSSR count). The summed E-state index contributed by atoms with van der Waals surface area (Å²) in [5.41, 5.74) is 2.12. The number of pyridine rings is 1. The number of ether oxygens (including phenoxy) is 1. The van der Waals surface area contributed by atoms with Gasteiger partial charge in [0.2, 0.25) is 0 Å².